The van der Waals surface area contributed by atoms with Gasteiger partial charge >= 0.3 is 6.09 Å². The quantitative estimate of drug-likeness (QED) is 0.366. The number of likely N-dealkylation sites (tertiary alicyclic amines) is 1. The highest BCUT2D eigenvalue weighted by atomic mass is 16.6. The van der Waals surface area contributed by atoms with Crippen molar-refractivity contribution in [1.29, 1.82) is 0 Å². The van der Waals surface area contributed by atoms with Gasteiger partial charge in [-0.25, -0.2) is 4.79 Å². The number of nitrogens with one attached hydrogen (secondary N) is 2. The molecule has 0 radical (unpaired) electrons. The van der Waals surface area contributed by atoms with Gasteiger partial charge in [0.25, 0.3) is 5.91 Å². The summed E-state index contributed by atoms with van der Waals surface area (Å²) in [6, 6.07) is -2.53. The van der Waals surface area contributed by atoms with Crippen LogP contribution in [0.3, 0.4) is 0 Å². The third kappa shape index (κ3) is 7.43. The summed E-state index contributed by atoms with van der Waals surface area (Å²) in [5.41, 5.74) is 4.54. The van der Waals surface area contributed by atoms with E-state index in [2.05, 4.69) is 10.6 Å². The number of rotatable bonds is 11. The van der Waals surface area contributed by atoms with Crippen molar-refractivity contribution in [1.82, 2.24) is 15.5 Å². The minimum atomic E-state index is -1.07. The smallest absolute Gasteiger partial charge is 0.408 e. The predicted molar refractivity (Wildman–Crippen MR) is 133 cm³/mol. The molecule has 2 aliphatic carbocycles. The van der Waals surface area contributed by atoms with Crippen molar-refractivity contribution >= 4 is 29.6 Å². The van der Waals surface area contributed by atoms with E-state index in [-0.39, 0.29) is 17.7 Å². The zero-order valence-electron chi connectivity index (χ0n) is 21.8. The number of carbonyl (C=O) groups excluding carboxylic acids is 5. The standard InChI is InChI=1S/C26H42N4O6/c1-4-26(2,3)36-25(35)29-20(17-9-6-5-7-10-17)24(34)30-14-8-11-19(30)23(33)28-18(15-16-12-13-16)21(31)22(27)32/h16-20H,4-15H2,1-3H3,(H2,27,32)(H,28,33)(H,29,35). The molecule has 3 unspecified atom stereocenters. The number of ketones is 1. The molecular formula is C26H42N4O6. The number of hydrogen-bond donors (Lipinski definition) is 3. The molecule has 10 nitrogen and oxygen atoms in total. The third-order valence-electron chi connectivity index (χ3n) is 7.86. The SMILES string of the molecule is CCC(C)(C)OC(=O)NC(C(=O)N1CCCC1C(=O)NC(CC1CC1)C(=O)C(N)=O)C1CCCCC1. The predicted octanol–water partition coefficient (Wildman–Crippen LogP) is 2.18. The fourth-order valence-corrected chi connectivity index (χ4v) is 5.17. The molecule has 1 aliphatic heterocycles. The van der Waals surface area contributed by atoms with Gasteiger partial charge < -0.3 is 26.0 Å². The fourth-order valence-electron chi connectivity index (χ4n) is 5.17. The lowest BCUT2D eigenvalue weighted by Crippen LogP contribution is -2.58. The summed E-state index contributed by atoms with van der Waals surface area (Å²) >= 11 is 0. The van der Waals surface area contributed by atoms with Gasteiger partial charge in [0.1, 0.15) is 17.7 Å². The lowest BCUT2D eigenvalue weighted by atomic mass is 9.83. The van der Waals surface area contributed by atoms with Gasteiger partial charge in [-0.2, -0.15) is 0 Å². The van der Waals surface area contributed by atoms with Gasteiger partial charge in [0.2, 0.25) is 17.6 Å². The number of amides is 4. The molecular weight excluding hydrogens is 464 g/mol. The van der Waals surface area contributed by atoms with Crippen LogP contribution in [-0.4, -0.2) is 64.8 Å². The highest BCUT2D eigenvalue weighted by Crippen LogP contribution is 2.34. The normalized spacial score (nSPS) is 22.4. The van der Waals surface area contributed by atoms with Gasteiger partial charge in [0.05, 0.1) is 6.04 Å². The summed E-state index contributed by atoms with van der Waals surface area (Å²) < 4.78 is 5.56. The summed E-state index contributed by atoms with van der Waals surface area (Å²) in [6.07, 6.45) is 8.03. The second-order valence-corrected chi connectivity index (χ2v) is 11.2. The zero-order chi connectivity index (χ0) is 26.5. The topological polar surface area (TPSA) is 148 Å². The maximum Gasteiger partial charge on any atom is 0.408 e. The van der Waals surface area contributed by atoms with Crippen molar-refractivity contribution in [3.63, 3.8) is 0 Å². The second kappa shape index (κ2) is 12.1. The van der Waals surface area contributed by atoms with Gasteiger partial charge in [-0.1, -0.05) is 39.0 Å². The van der Waals surface area contributed by atoms with Gasteiger partial charge in [0.15, 0.2) is 0 Å². The van der Waals surface area contributed by atoms with Crippen molar-refractivity contribution in [2.24, 2.45) is 17.6 Å². The van der Waals surface area contributed by atoms with E-state index in [1.807, 2.05) is 20.8 Å². The molecule has 3 rings (SSSR count). The third-order valence-corrected chi connectivity index (χ3v) is 7.86. The Hall–Kier alpha value is -2.65. The molecule has 0 bridgehead atoms. The summed E-state index contributed by atoms with van der Waals surface area (Å²) in [7, 11) is 0. The van der Waals surface area contributed by atoms with Crippen LogP contribution < -0.4 is 16.4 Å². The largest absolute Gasteiger partial charge is 0.444 e. The van der Waals surface area contributed by atoms with Crippen LogP contribution in [0.25, 0.3) is 0 Å². The Morgan fingerprint density at radius 1 is 0.972 bits per heavy atom. The molecule has 4 amide bonds. The second-order valence-electron chi connectivity index (χ2n) is 11.2. The van der Waals surface area contributed by atoms with Crippen LogP contribution in [-0.2, 0) is 23.9 Å². The first-order valence-electron chi connectivity index (χ1n) is 13.5. The molecule has 3 fully saturated rings. The average Bonchev–Trinajstić information content (AvgIpc) is 3.52. The Balaban J connectivity index is 1.73. The Bertz CT molecular complexity index is 849. The highest BCUT2D eigenvalue weighted by molar-refractivity contribution is 6.37. The Kier molecular flexibility index (Phi) is 9.35. The first-order valence-corrected chi connectivity index (χ1v) is 13.5. The molecule has 3 aliphatic rings. The molecule has 0 aromatic heterocycles. The van der Waals surface area contributed by atoms with E-state index in [0.717, 1.165) is 44.9 Å². The molecule has 0 spiro atoms. The van der Waals surface area contributed by atoms with Crippen LogP contribution in [0.4, 0.5) is 4.79 Å². The maximum atomic E-state index is 13.8. The Morgan fingerprint density at radius 3 is 2.22 bits per heavy atom. The molecule has 1 heterocycles. The van der Waals surface area contributed by atoms with E-state index in [9.17, 15) is 24.0 Å². The first-order chi connectivity index (χ1) is 17.0. The minimum absolute atomic E-state index is 0.0353. The number of nitrogens with zero attached hydrogens (tertiary/aromatic N) is 1. The molecule has 2 saturated carbocycles. The molecule has 202 valence electrons. The van der Waals surface area contributed by atoms with E-state index in [1.165, 1.54) is 4.90 Å². The van der Waals surface area contributed by atoms with E-state index in [4.69, 9.17) is 10.5 Å². The minimum Gasteiger partial charge on any atom is -0.444 e. The van der Waals surface area contributed by atoms with Gasteiger partial charge in [-0.05, 0) is 64.2 Å². The maximum absolute atomic E-state index is 13.8. The molecule has 1 saturated heterocycles. The molecule has 4 N–H and O–H groups in total. The summed E-state index contributed by atoms with van der Waals surface area (Å²) in [5, 5.41) is 5.52. The van der Waals surface area contributed by atoms with Crippen LogP contribution in [0.5, 0.6) is 0 Å². The zero-order valence-corrected chi connectivity index (χ0v) is 21.8. The van der Waals surface area contributed by atoms with Gasteiger partial charge in [-0.15, -0.1) is 0 Å². The number of carbonyl (C=O) groups is 5. The molecule has 36 heavy (non-hydrogen) atoms. The molecule has 0 aromatic carbocycles. The number of primary amides is 1. The van der Waals surface area contributed by atoms with Crippen LogP contribution in [0.15, 0.2) is 0 Å². The summed E-state index contributed by atoms with van der Waals surface area (Å²) in [5.74, 6) is -2.39. The molecule has 0 aromatic rings. The number of ether oxygens (including phenoxy) is 1. The van der Waals surface area contributed by atoms with Crippen molar-refractivity contribution in [2.75, 3.05) is 6.54 Å². The van der Waals surface area contributed by atoms with E-state index in [1.54, 1.807) is 0 Å². The Labute approximate surface area is 213 Å². The highest BCUT2D eigenvalue weighted by Gasteiger charge is 2.42. The summed E-state index contributed by atoms with van der Waals surface area (Å²) in [6.45, 7) is 5.94. The molecule has 10 heteroatoms. The number of hydrogen-bond acceptors (Lipinski definition) is 6. The van der Waals surface area contributed by atoms with E-state index in [0.29, 0.717) is 32.2 Å². The van der Waals surface area contributed by atoms with Crippen molar-refractivity contribution in [3.05, 3.63) is 0 Å². The van der Waals surface area contributed by atoms with Gasteiger partial charge in [-0.3, -0.25) is 19.2 Å². The van der Waals surface area contributed by atoms with Crippen molar-refractivity contribution in [2.45, 2.75) is 115 Å². The number of nitrogens with two attached hydrogens (primary N) is 1. The van der Waals surface area contributed by atoms with Crippen LogP contribution in [0, 0.1) is 11.8 Å². The average molecular weight is 507 g/mol. The van der Waals surface area contributed by atoms with Crippen LogP contribution in [0.2, 0.25) is 0 Å². The van der Waals surface area contributed by atoms with Crippen molar-refractivity contribution < 1.29 is 28.7 Å². The number of Topliss-reactive ketones (excluding diaryl/α,β-unsaturated/α-hetero) is 1. The lowest BCUT2D eigenvalue weighted by molar-refractivity contribution is -0.143. The summed E-state index contributed by atoms with van der Waals surface area (Å²) in [4.78, 5) is 65.1. The lowest BCUT2D eigenvalue weighted by Gasteiger charge is -2.35. The van der Waals surface area contributed by atoms with Crippen LogP contribution >= 0.6 is 0 Å². The molecule has 3 atom stereocenters. The van der Waals surface area contributed by atoms with Crippen molar-refractivity contribution in [3.8, 4) is 0 Å². The van der Waals surface area contributed by atoms with Crippen LogP contribution in [0.1, 0.15) is 91.4 Å². The number of alkyl carbamates (subject to hydrolysis) is 1. The van der Waals surface area contributed by atoms with Gasteiger partial charge in [0, 0.05) is 6.54 Å². The first kappa shape index (κ1) is 27.9. The van der Waals surface area contributed by atoms with E-state index >= 15 is 0 Å². The fraction of sp³-hybridized carbons (Fsp3) is 0.808. The monoisotopic (exact) mass is 506 g/mol. The Morgan fingerprint density at radius 2 is 1.64 bits per heavy atom. The van der Waals surface area contributed by atoms with E-state index < -0.39 is 47.4 Å².